The monoisotopic (exact) mass is 568 g/mol. The molecule has 2 fully saturated rings. The largest absolute Gasteiger partial charge is 0.457 e. The van der Waals surface area contributed by atoms with Crippen molar-refractivity contribution in [2.45, 2.75) is 64.1 Å². The van der Waals surface area contributed by atoms with Crippen molar-refractivity contribution in [1.29, 1.82) is 0 Å². The van der Waals surface area contributed by atoms with E-state index in [2.05, 4.69) is 37.8 Å². The molecule has 2 aromatic carbocycles. The number of para-hydroxylation sites is 1. The highest BCUT2D eigenvalue weighted by Crippen LogP contribution is 2.39. The van der Waals surface area contributed by atoms with E-state index in [1.54, 1.807) is 6.33 Å². The van der Waals surface area contributed by atoms with Gasteiger partial charge in [0, 0.05) is 50.0 Å². The van der Waals surface area contributed by atoms with Gasteiger partial charge in [-0.05, 0) is 76.3 Å². The molecule has 220 valence electrons. The highest BCUT2D eigenvalue weighted by Gasteiger charge is 2.32. The third-order valence-corrected chi connectivity index (χ3v) is 8.32. The molecule has 9 heteroatoms. The number of nitrogens with zero attached hydrogens (tertiary/aromatic N) is 5. The number of nitrogens with two attached hydrogens (primary N) is 1. The van der Waals surface area contributed by atoms with Gasteiger partial charge in [-0.1, -0.05) is 30.3 Å². The summed E-state index contributed by atoms with van der Waals surface area (Å²) in [5, 5.41) is 0.898. The van der Waals surface area contributed by atoms with Crippen LogP contribution in [0.3, 0.4) is 0 Å². The summed E-state index contributed by atoms with van der Waals surface area (Å²) in [6, 6.07) is 18.8. The summed E-state index contributed by atoms with van der Waals surface area (Å²) >= 11 is 0. The van der Waals surface area contributed by atoms with Gasteiger partial charge >= 0.3 is 6.09 Å². The number of fused-ring (bicyclic) bond motifs is 1. The smallest absolute Gasteiger partial charge is 0.410 e. The minimum atomic E-state index is -0.467. The Morgan fingerprint density at radius 3 is 2.17 bits per heavy atom. The quantitative estimate of drug-likeness (QED) is 0.293. The van der Waals surface area contributed by atoms with E-state index >= 15 is 0 Å². The van der Waals surface area contributed by atoms with E-state index in [1.807, 2.05) is 68.1 Å². The van der Waals surface area contributed by atoms with Crippen LogP contribution < -0.4 is 10.5 Å². The number of aromatic nitrogens is 3. The van der Waals surface area contributed by atoms with Crippen molar-refractivity contribution in [3.63, 3.8) is 0 Å². The average molecular weight is 569 g/mol. The van der Waals surface area contributed by atoms with Crippen LogP contribution in [0.15, 0.2) is 67.1 Å². The van der Waals surface area contributed by atoms with Crippen molar-refractivity contribution in [2.24, 2.45) is 0 Å². The van der Waals surface area contributed by atoms with E-state index in [9.17, 15) is 4.79 Å². The third-order valence-electron chi connectivity index (χ3n) is 8.32. The summed E-state index contributed by atoms with van der Waals surface area (Å²) in [5.74, 6) is 2.08. The van der Waals surface area contributed by atoms with Crippen LogP contribution in [0.25, 0.3) is 22.2 Å². The second kappa shape index (κ2) is 11.6. The average Bonchev–Trinajstić information content (AvgIpc) is 3.38. The number of carbonyl (C=O) groups excluding carboxylic acids is 1. The fourth-order valence-electron chi connectivity index (χ4n) is 6.23. The number of nitrogen functional groups attached to an aromatic ring is 1. The van der Waals surface area contributed by atoms with Crippen molar-refractivity contribution in [3.05, 3.63) is 67.1 Å². The molecule has 1 saturated carbocycles. The normalized spacial score (nSPS) is 20.0. The molecule has 2 aliphatic rings. The van der Waals surface area contributed by atoms with Crippen LogP contribution in [0.2, 0.25) is 0 Å². The van der Waals surface area contributed by atoms with Crippen LogP contribution in [-0.4, -0.2) is 68.3 Å². The van der Waals surface area contributed by atoms with Crippen molar-refractivity contribution in [3.8, 4) is 22.6 Å². The van der Waals surface area contributed by atoms with Gasteiger partial charge in [-0.3, -0.25) is 4.90 Å². The van der Waals surface area contributed by atoms with Gasteiger partial charge in [0.1, 0.15) is 34.9 Å². The number of hydrogen-bond donors (Lipinski definition) is 1. The molecule has 1 aliphatic carbocycles. The first-order valence-corrected chi connectivity index (χ1v) is 14.9. The van der Waals surface area contributed by atoms with Crippen LogP contribution in [0.5, 0.6) is 11.5 Å². The Hall–Kier alpha value is -4.11. The molecule has 6 rings (SSSR count). The van der Waals surface area contributed by atoms with E-state index in [-0.39, 0.29) is 6.09 Å². The Labute approximate surface area is 247 Å². The Bertz CT molecular complexity index is 1510. The fraction of sp³-hybridized carbons (Fsp3) is 0.424. The lowest BCUT2D eigenvalue weighted by Gasteiger charge is -2.42. The molecule has 3 heterocycles. The Kier molecular flexibility index (Phi) is 7.77. The van der Waals surface area contributed by atoms with Crippen molar-refractivity contribution < 1.29 is 14.3 Å². The first-order chi connectivity index (χ1) is 20.2. The number of anilines is 1. The number of benzene rings is 2. The SMILES string of the molecule is CC(C)(C)OC(=O)N1CCN(C2CCC(n3cc(-c4ccc(Oc5ccccc5)cc4)c4c(N)ncnc43)CC2)CC1. The number of ether oxygens (including phenoxy) is 2. The minimum Gasteiger partial charge on any atom is -0.457 e. The van der Waals surface area contributed by atoms with Crippen LogP contribution in [0.4, 0.5) is 10.6 Å². The number of rotatable bonds is 5. The van der Waals surface area contributed by atoms with Crippen molar-refractivity contribution >= 4 is 22.9 Å². The van der Waals surface area contributed by atoms with E-state index < -0.39 is 5.60 Å². The molecular formula is C33H40N6O3. The summed E-state index contributed by atoms with van der Waals surface area (Å²) in [4.78, 5) is 25.9. The van der Waals surface area contributed by atoms with Gasteiger partial charge in [-0.15, -0.1) is 0 Å². The molecular weight excluding hydrogens is 528 g/mol. The van der Waals surface area contributed by atoms with Gasteiger partial charge in [0.05, 0.1) is 5.39 Å². The molecule has 1 aliphatic heterocycles. The maximum atomic E-state index is 12.5. The second-order valence-corrected chi connectivity index (χ2v) is 12.3. The minimum absolute atomic E-state index is 0.208. The third kappa shape index (κ3) is 6.06. The van der Waals surface area contributed by atoms with Gasteiger partial charge in [-0.25, -0.2) is 14.8 Å². The van der Waals surface area contributed by atoms with Crippen LogP contribution in [0, 0.1) is 0 Å². The molecule has 0 spiro atoms. The molecule has 0 bridgehead atoms. The molecule has 2 N–H and O–H groups in total. The topological polar surface area (TPSA) is 98.7 Å². The van der Waals surface area contributed by atoms with Crippen molar-refractivity contribution in [1.82, 2.24) is 24.3 Å². The molecule has 0 radical (unpaired) electrons. The van der Waals surface area contributed by atoms with E-state index in [0.717, 1.165) is 72.4 Å². The van der Waals surface area contributed by atoms with Gasteiger partial charge in [0.25, 0.3) is 0 Å². The maximum absolute atomic E-state index is 12.5. The molecule has 1 saturated heterocycles. The van der Waals surface area contributed by atoms with Crippen molar-refractivity contribution in [2.75, 3.05) is 31.9 Å². The number of amides is 1. The second-order valence-electron chi connectivity index (χ2n) is 12.3. The highest BCUT2D eigenvalue weighted by molar-refractivity contribution is 6.00. The molecule has 2 aromatic heterocycles. The Morgan fingerprint density at radius 2 is 1.50 bits per heavy atom. The molecule has 42 heavy (non-hydrogen) atoms. The molecule has 0 unspecified atom stereocenters. The fourth-order valence-corrected chi connectivity index (χ4v) is 6.23. The zero-order chi connectivity index (χ0) is 29.3. The lowest BCUT2D eigenvalue weighted by atomic mass is 9.89. The van der Waals surface area contributed by atoms with Gasteiger partial charge in [0.15, 0.2) is 0 Å². The van der Waals surface area contributed by atoms with Gasteiger partial charge in [-0.2, -0.15) is 0 Å². The Balaban J connectivity index is 1.13. The first kappa shape index (κ1) is 28.0. The summed E-state index contributed by atoms with van der Waals surface area (Å²) in [5.41, 5.74) is 8.93. The summed E-state index contributed by atoms with van der Waals surface area (Å²) < 4.78 is 13.9. The number of hydrogen-bond acceptors (Lipinski definition) is 7. The highest BCUT2D eigenvalue weighted by atomic mass is 16.6. The zero-order valence-electron chi connectivity index (χ0n) is 24.7. The van der Waals surface area contributed by atoms with E-state index in [1.165, 1.54) is 0 Å². The lowest BCUT2D eigenvalue weighted by Crippen LogP contribution is -2.53. The van der Waals surface area contributed by atoms with Crippen LogP contribution in [-0.2, 0) is 4.74 Å². The summed E-state index contributed by atoms with van der Waals surface area (Å²) in [6.07, 6.45) is 7.90. The predicted molar refractivity (Wildman–Crippen MR) is 165 cm³/mol. The molecule has 4 aromatic rings. The Morgan fingerprint density at radius 1 is 0.857 bits per heavy atom. The maximum Gasteiger partial charge on any atom is 0.410 e. The molecule has 0 atom stereocenters. The standard InChI is InChI=1S/C33H40N6O3/c1-33(2,3)42-32(40)38-19-17-37(18-20-38)24-11-13-25(14-12-24)39-21-28(29-30(34)35-22-36-31(29)39)23-9-15-27(16-10-23)41-26-7-5-4-6-8-26/h4-10,15-16,21-22,24-25H,11-14,17-20H2,1-3H3,(H2,34,35,36). The van der Waals surface area contributed by atoms with Crippen LogP contribution in [0.1, 0.15) is 52.5 Å². The van der Waals surface area contributed by atoms with Gasteiger partial charge in [0.2, 0.25) is 0 Å². The molecule has 9 nitrogen and oxygen atoms in total. The first-order valence-electron chi connectivity index (χ1n) is 14.9. The molecule has 1 amide bonds. The summed E-state index contributed by atoms with van der Waals surface area (Å²) in [7, 11) is 0. The number of piperazine rings is 1. The zero-order valence-corrected chi connectivity index (χ0v) is 24.7. The van der Waals surface area contributed by atoms with E-state index in [4.69, 9.17) is 15.2 Å². The van der Waals surface area contributed by atoms with E-state index in [0.29, 0.717) is 31.0 Å². The lowest BCUT2D eigenvalue weighted by molar-refractivity contribution is 0.00738. The van der Waals surface area contributed by atoms with Gasteiger partial charge < -0.3 is 24.7 Å². The predicted octanol–water partition coefficient (Wildman–Crippen LogP) is 6.51. The van der Waals surface area contributed by atoms with Crippen LogP contribution >= 0.6 is 0 Å². The number of carbonyl (C=O) groups is 1. The summed E-state index contributed by atoms with van der Waals surface area (Å²) in [6.45, 7) is 8.94.